The summed E-state index contributed by atoms with van der Waals surface area (Å²) in [6.07, 6.45) is 2.71. The zero-order valence-corrected chi connectivity index (χ0v) is 20.1. The zero-order chi connectivity index (χ0) is 24.9. The van der Waals surface area contributed by atoms with Crippen LogP contribution >= 0.6 is 0 Å². The first-order valence-electron chi connectivity index (χ1n) is 11.4. The van der Waals surface area contributed by atoms with Crippen molar-refractivity contribution < 1.29 is 19.0 Å². The van der Waals surface area contributed by atoms with E-state index in [1.54, 1.807) is 7.11 Å². The molecule has 3 rings (SSSR count). The summed E-state index contributed by atoms with van der Waals surface area (Å²) in [6.45, 7) is 6.34. The Morgan fingerprint density at radius 1 is 0.800 bits per heavy atom. The highest BCUT2D eigenvalue weighted by Gasteiger charge is 1.99. The third-order valence-electron chi connectivity index (χ3n) is 5.08. The van der Waals surface area contributed by atoms with E-state index in [4.69, 9.17) is 14.2 Å². The normalized spacial score (nSPS) is 9.66. The molecule has 0 fully saturated rings. The molecule has 4 nitrogen and oxygen atoms in total. The lowest BCUT2D eigenvalue weighted by Gasteiger charge is -2.06. The molecule has 0 unspecified atom stereocenters. The summed E-state index contributed by atoms with van der Waals surface area (Å²) < 4.78 is 15.8. The first kappa shape index (κ1) is 25.2. The molecule has 0 radical (unpaired) electrons. The maximum Gasteiger partial charge on any atom is 0.330 e. The Morgan fingerprint density at radius 2 is 1.37 bits per heavy atom. The summed E-state index contributed by atoms with van der Waals surface area (Å²) in [7, 11) is 1.65. The van der Waals surface area contributed by atoms with Crippen molar-refractivity contribution in [3.8, 4) is 35.2 Å². The monoisotopic (exact) mass is 464 g/mol. The van der Waals surface area contributed by atoms with Crippen molar-refractivity contribution in [2.75, 3.05) is 20.3 Å². The van der Waals surface area contributed by atoms with Crippen LogP contribution < -0.4 is 9.47 Å². The molecule has 0 amide bonds. The lowest BCUT2D eigenvalue weighted by atomic mass is 10.0. The fourth-order valence-corrected chi connectivity index (χ4v) is 3.10. The Labute approximate surface area is 207 Å². The van der Waals surface area contributed by atoms with Crippen LogP contribution in [0.5, 0.6) is 11.5 Å². The third-order valence-corrected chi connectivity index (χ3v) is 5.08. The van der Waals surface area contributed by atoms with Crippen LogP contribution in [-0.4, -0.2) is 26.3 Å². The summed E-state index contributed by atoms with van der Waals surface area (Å²) in [5.74, 6) is 14.0. The molecular formula is C31H28O4. The zero-order valence-electron chi connectivity index (χ0n) is 20.1. The molecule has 0 saturated carbocycles. The number of unbranched alkanes of at least 4 members (excludes halogenated alkanes) is 1. The van der Waals surface area contributed by atoms with Crippen molar-refractivity contribution >= 4 is 5.97 Å². The highest BCUT2D eigenvalue weighted by molar-refractivity contribution is 5.81. The molecule has 3 aromatic carbocycles. The van der Waals surface area contributed by atoms with Gasteiger partial charge in [0.2, 0.25) is 0 Å². The maximum atomic E-state index is 11.0. The molecule has 0 saturated heterocycles. The van der Waals surface area contributed by atoms with Crippen molar-refractivity contribution in [2.45, 2.75) is 19.8 Å². The van der Waals surface area contributed by atoms with Crippen molar-refractivity contribution in [3.63, 3.8) is 0 Å². The lowest BCUT2D eigenvalue weighted by molar-refractivity contribution is -0.137. The number of hydrogen-bond acceptors (Lipinski definition) is 4. The molecule has 4 heteroatoms. The minimum Gasteiger partial charge on any atom is -0.497 e. The lowest BCUT2D eigenvalue weighted by Crippen LogP contribution is -2.04. The van der Waals surface area contributed by atoms with Gasteiger partial charge in [-0.25, -0.2) is 4.79 Å². The number of rotatable bonds is 8. The Bertz CT molecular complexity index is 1260. The summed E-state index contributed by atoms with van der Waals surface area (Å²) in [5.41, 5.74) is 4.85. The van der Waals surface area contributed by atoms with E-state index < -0.39 is 5.97 Å². The number of carbonyl (C=O) groups is 1. The number of esters is 1. The molecule has 3 aromatic rings. The van der Waals surface area contributed by atoms with E-state index in [9.17, 15) is 4.79 Å². The van der Waals surface area contributed by atoms with Gasteiger partial charge in [-0.1, -0.05) is 30.3 Å². The smallest absolute Gasteiger partial charge is 0.330 e. The van der Waals surface area contributed by atoms with Crippen LogP contribution in [0.3, 0.4) is 0 Å². The second-order valence-electron chi connectivity index (χ2n) is 7.71. The summed E-state index contributed by atoms with van der Waals surface area (Å²) in [4.78, 5) is 11.0. The molecule has 176 valence electrons. The molecule has 35 heavy (non-hydrogen) atoms. The second kappa shape index (κ2) is 13.3. The van der Waals surface area contributed by atoms with Crippen LogP contribution in [0.2, 0.25) is 0 Å². The SMILES string of the molecule is C=CC(=O)OCCCCOc1ccc(C#Cc2ccc(C#Cc3ccc(OC)cc3)cc2C)cc1. The number of carbonyl (C=O) groups excluding carboxylic acids is 1. The van der Waals surface area contributed by atoms with Gasteiger partial charge in [-0.2, -0.15) is 0 Å². The standard InChI is InChI=1S/C31H28O4/c1-4-31(32)35-22-6-5-21-34-30-19-13-26(14-20-30)9-15-28-16-10-27(23-24(28)2)8-7-25-11-17-29(33-3)18-12-25/h4,10-14,16-20,23H,1,5-6,21-22H2,2-3H3. The second-order valence-corrected chi connectivity index (χ2v) is 7.71. The number of aryl methyl sites for hydroxylation is 1. The van der Waals surface area contributed by atoms with Crippen molar-refractivity contribution in [1.29, 1.82) is 0 Å². The Hall–Kier alpha value is -4.41. The predicted octanol–water partition coefficient (Wildman–Crippen LogP) is 5.69. The van der Waals surface area contributed by atoms with Crippen LogP contribution in [-0.2, 0) is 9.53 Å². The van der Waals surface area contributed by atoms with Crippen LogP contribution in [0, 0.1) is 30.6 Å². The molecule has 0 spiro atoms. The minimum absolute atomic E-state index is 0.373. The Kier molecular flexibility index (Phi) is 9.61. The van der Waals surface area contributed by atoms with E-state index in [0.29, 0.717) is 13.2 Å². The van der Waals surface area contributed by atoms with Crippen molar-refractivity contribution in [1.82, 2.24) is 0 Å². The van der Waals surface area contributed by atoms with Gasteiger partial charge in [0.25, 0.3) is 0 Å². The summed E-state index contributed by atoms with van der Waals surface area (Å²) in [6, 6.07) is 21.4. The molecule has 0 aliphatic heterocycles. The van der Waals surface area contributed by atoms with Gasteiger partial charge in [0.05, 0.1) is 20.3 Å². The van der Waals surface area contributed by atoms with E-state index in [1.807, 2.05) is 67.6 Å². The first-order valence-corrected chi connectivity index (χ1v) is 11.4. The van der Waals surface area contributed by atoms with E-state index in [1.165, 1.54) is 0 Å². The van der Waals surface area contributed by atoms with Crippen LogP contribution in [0.4, 0.5) is 0 Å². The van der Waals surface area contributed by atoms with Crippen LogP contribution in [0.1, 0.15) is 40.7 Å². The van der Waals surface area contributed by atoms with Gasteiger partial charge < -0.3 is 14.2 Å². The average molecular weight is 465 g/mol. The summed E-state index contributed by atoms with van der Waals surface area (Å²) in [5, 5.41) is 0. The molecule has 0 atom stereocenters. The van der Waals surface area contributed by atoms with Crippen LogP contribution in [0.25, 0.3) is 0 Å². The maximum absolute atomic E-state index is 11.0. The highest BCUT2D eigenvalue weighted by Crippen LogP contribution is 2.14. The quantitative estimate of drug-likeness (QED) is 0.186. The molecule has 0 aliphatic carbocycles. The van der Waals surface area contributed by atoms with E-state index >= 15 is 0 Å². The van der Waals surface area contributed by atoms with E-state index in [-0.39, 0.29) is 0 Å². The van der Waals surface area contributed by atoms with Crippen LogP contribution in [0.15, 0.2) is 79.4 Å². The minimum atomic E-state index is -0.396. The topological polar surface area (TPSA) is 44.8 Å². The molecule has 0 bridgehead atoms. The van der Waals surface area contributed by atoms with Gasteiger partial charge in [0.1, 0.15) is 11.5 Å². The summed E-state index contributed by atoms with van der Waals surface area (Å²) >= 11 is 0. The van der Waals surface area contributed by atoms with Crippen molar-refractivity contribution in [2.24, 2.45) is 0 Å². The number of ether oxygens (including phenoxy) is 3. The van der Waals surface area contributed by atoms with Gasteiger partial charge in [-0.05, 0) is 92.1 Å². The van der Waals surface area contributed by atoms with E-state index in [0.717, 1.165) is 58.2 Å². The van der Waals surface area contributed by atoms with Gasteiger partial charge in [-0.3, -0.25) is 0 Å². The number of benzene rings is 3. The van der Waals surface area contributed by atoms with Gasteiger partial charge in [0.15, 0.2) is 0 Å². The van der Waals surface area contributed by atoms with Gasteiger partial charge in [-0.15, -0.1) is 0 Å². The molecule has 0 N–H and O–H groups in total. The number of hydrogen-bond donors (Lipinski definition) is 0. The van der Waals surface area contributed by atoms with Gasteiger partial charge >= 0.3 is 5.97 Å². The fraction of sp³-hybridized carbons (Fsp3) is 0.194. The fourth-order valence-electron chi connectivity index (χ4n) is 3.10. The Morgan fingerprint density at radius 3 is 2.00 bits per heavy atom. The molecule has 0 aliphatic rings. The van der Waals surface area contributed by atoms with Crippen molar-refractivity contribution in [3.05, 3.63) is 107 Å². The first-order chi connectivity index (χ1) is 17.1. The largest absolute Gasteiger partial charge is 0.497 e. The Balaban J connectivity index is 1.52. The predicted molar refractivity (Wildman–Crippen MR) is 138 cm³/mol. The molecule has 0 aromatic heterocycles. The van der Waals surface area contributed by atoms with E-state index in [2.05, 4.69) is 36.3 Å². The number of methoxy groups -OCH3 is 1. The molecular weight excluding hydrogens is 436 g/mol. The highest BCUT2D eigenvalue weighted by atomic mass is 16.5. The average Bonchev–Trinajstić information content (AvgIpc) is 2.89. The third kappa shape index (κ3) is 8.46. The molecule has 0 heterocycles. The van der Waals surface area contributed by atoms with Gasteiger partial charge in [0, 0.05) is 28.3 Å².